The number of nitrogens with zero attached hydrogens (tertiary/aromatic N) is 1. The number of hydrogen-bond acceptors (Lipinski definition) is 4. The Morgan fingerprint density at radius 3 is 2.35 bits per heavy atom. The molecule has 142 valence electrons. The topological polar surface area (TPSA) is 91.8 Å². The van der Waals surface area contributed by atoms with Crippen molar-refractivity contribution in [2.24, 2.45) is 5.92 Å². The van der Waals surface area contributed by atoms with Gasteiger partial charge in [0.25, 0.3) is 0 Å². The number of likely N-dealkylation sites (tertiary alicyclic amines) is 1. The van der Waals surface area contributed by atoms with Crippen molar-refractivity contribution in [1.29, 1.82) is 0 Å². The number of carbonyl (C=O) groups is 2. The molecule has 0 aromatic heterocycles. The molecule has 1 aliphatic heterocycles. The van der Waals surface area contributed by atoms with E-state index < -0.39 is 27.1 Å². The van der Waals surface area contributed by atoms with Gasteiger partial charge in [-0.25, -0.2) is 13.2 Å². The van der Waals surface area contributed by atoms with Gasteiger partial charge in [-0.05, 0) is 50.7 Å². The largest absolute Gasteiger partial charge is 0.480 e. The van der Waals surface area contributed by atoms with Gasteiger partial charge in [-0.1, -0.05) is 23.7 Å². The third-order valence-corrected chi connectivity index (χ3v) is 8.19. The minimum Gasteiger partial charge on any atom is -0.480 e. The minimum atomic E-state index is -3.54. The molecule has 6 nitrogen and oxygen atoms in total. The number of aliphatic carboxylic acids is 1. The van der Waals surface area contributed by atoms with Crippen molar-refractivity contribution in [2.75, 3.05) is 6.54 Å². The van der Waals surface area contributed by atoms with Crippen LogP contribution in [0.3, 0.4) is 0 Å². The minimum absolute atomic E-state index is 0.141. The summed E-state index contributed by atoms with van der Waals surface area (Å²) in [5, 5.41) is 8.91. The molecule has 1 aromatic rings. The van der Waals surface area contributed by atoms with Gasteiger partial charge in [0, 0.05) is 12.5 Å². The van der Waals surface area contributed by atoms with Crippen LogP contribution in [0.25, 0.3) is 0 Å². The Bertz CT molecular complexity index is 802. The fourth-order valence-electron chi connectivity index (χ4n) is 4.00. The van der Waals surface area contributed by atoms with Gasteiger partial charge in [-0.2, -0.15) is 0 Å². The molecule has 1 heterocycles. The summed E-state index contributed by atoms with van der Waals surface area (Å²) in [6.45, 7) is 0.466. The van der Waals surface area contributed by atoms with Crippen molar-refractivity contribution < 1.29 is 23.1 Å². The number of hydrogen-bond donors (Lipinski definition) is 1. The predicted octanol–water partition coefficient (Wildman–Crippen LogP) is 2.75. The van der Waals surface area contributed by atoms with Crippen molar-refractivity contribution in [3.63, 3.8) is 0 Å². The van der Waals surface area contributed by atoms with Crippen LogP contribution in [0.1, 0.15) is 38.5 Å². The van der Waals surface area contributed by atoms with Crippen LogP contribution in [0, 0.1) is 5.92 Å². The molecule has 1 aliphatic carbocycles. The lowest BCUT2D eigenvalue weighted by molar-refractivity contribution is -0.150. The predicted molar refractivity (Wildman–Crippen MR) is 96.8 cm³/mol. The van der Waals surface area contributed by atoms with Crippen LogP contribution in [0.15, 0.2) is 29.2 Å². The molecule has 1 unspecified atom stereocenters. The first kappa shape index (κ1) is 19.2. The van der Waals surface area contributed by atoms with E-state index in [1.165, 1.54) is 11.0 Å². The van der Waals surface area contributed by atoms with E-state index in [-0.39, 0.29) is 21.7 Å². The van der Waals surface area contributed by atoms with E-state index >= 15 is 0 Å². The molecule has 0 radical (unpaired) electrons. The number of carboxylic acid groups (broad SMARTS) is 1. The second-order valence-corrected chi connectivity index (χ2v) is 9.58. The number of sulfone groups is 1. The van der Waals surface area contributed by atoms with Crippen molar-refractivity contribution in [3.8, 4) is 0 Å². The molecular weight excluding hydrogens is 378 g/mol. The van der Waals surface area contributed by atoms with Crippen LogP contribution in [-0.4, -0.2) is 48.1 Å². The van der Waals surface area contributed by atoms with Gasteiger partial charge in [-0.15, -0.1) is 0 Å². The van der Waals surface area contributed by atoms with E-state index in [2.05, 4.69) is 0 Å². The fraction of sp³-hybridized carbons (Fsp3) is 0.556. The van der Waals surface area contributed by atoms with Crippen LogP contribution in [-0.2, 0) is 19.4 Å². The quantitative estimate of drug-likeness (QED) is 0.840. The maximum atomic E-state index is 12.8. The van der Waals surface area contributed by atoms with E-state index in [4.69, 9.17) is 11.6 Å². The summed E-state index contributed by atoms with van der Waals surface area (Å²) in [6.07, 6.45) is 2.85. The number of halogens is 1. The standard InChI is InChI=1S/C18H22ClNO5S/c19-14-4-1-2-6-16(14)26(24,25)13-9-7-12(8-10-13)17(21)20-11-3-5-15(20)18(22)23/h1-2,4,6,12-13,15H,3,5,7-11H2,(H,22,23). The van der Waals surface area contributed by atoms with E-state index in [1.54, 1.807) is 18.2 Å². The Kier molecular flexibility index (Phi) is 5.58. The lowest BCUT2D eigenvalue weighted by atomic mass is 9.87. The molecule has 26 heavy (non-hydrogen) atoms. The Hall–Kier alpha value is -1.60. The summed E-state index contributed by atoms with van der Waals surface area (Å²) >= 11 is 6.04. The lowest BCUT2D eigenvalue weighted by Crippen LogP contribution is -2.44. The Morgan fingerprint density at radius 1 is 1.08 bits per heavy atom. The SMILES string of the molecule is O=C(O)C1CCCN1C(=O)C1CCC(S(=O)(=O)c2ccccc2Cl)CC1. The van der Waals surface area contributed by atoms with Gasteiger partial charge >= 0.3 is 5.97 Å². The molecular formula is C18H22ClNO5S. The van der Waals surface area contributed by atoms with Gasteiger partial charge < -0.3 is 10.0 Å². The molecule has 1 N–H and O–H groups in total. The van der Waals surface area contributed by atoms with E-state index in [9.17, 15) is 23.1 Å². The second kappa shape index (κ2) is 7.56. The molecule has 0 bridgehead atoms. The summed E-state index contributed by atoms with van der Waals surface area (Å²) in [7, 11) is -3.54. The fourth-order valence-corrected chi connectivity index (χ4v) is 6.32. The summed E-state index contributed by atoms with van der Waals surface area (Å²) in [6, 6.07) is 5.66. The molecule has 3 rings (SSSR count). The highest BCUT2D eigenvalue weighted by Gasteiger charge is 2.40. The normalized spacial score (nSPS) is 26.7. The highest BCUT2D eigenvalue weighted by atomic mass is 35.5. The van der Waals surface area contributed by atoms with Gasteiger partial charge in [0.15, 0.2) is 9.84 Å². The van der Waals surface area contributed by atoms with Crippen LogP contribution in [0.5, 0.6) is 0 Å². The second-order valence-electron chi connectivity index (χ2n) is 6.98. The highest BCUT2D eigenvalue weighted by molar-refractivity contribution is 7.92. The summed E-state index contributed by atoms with van der Waals surface area (Å²) in [5.74, 6) is -1.41. The number of amides is 1. The van der Waals surface area contributed by atoms with Crippen LogP contribution in [0.2, 0.25) is 5.02 Å². The number of carbonyl (C=O) groups excluding carboxylic acids is 1. The van der Waals surface area contributed by atoms with Crippen molar-refractivity contribution in [1.82, 2.24) is 4.90 Å². The van der Waals surface area contributed by atoms with Gasteiger partial charge in [0.1, 0.15) is 6.04 Å². The molecule has 8 heteroatoms. The molecule has 2 aliphatic rings. The molecule has 0 spiro atoms. The monoisotopic (exact) mass is 399 g/mol. The Balaban J connectivity index is 1.67. The zero-order chi connectivity index (χ0) is 18.9. The number of carboxylic acids is 1. The summed E-state index contributed by atoms with van der Waals surface area (Å²) in [5.41, 5.74) is 0. The summed E-state index contributed by atoms with van der Waals surface area (Å²) in [4.78, 5) is 25.6. The number of rotatable bonds is 4. The average Bonchev–Trinajstić information content (AvgIpc) is 3.11. The third-order valence-electron chi connectivity index (χ3n) is 5.43. The molecule has 1 amide bonds. The van der Waals surface area contributed by atoms with E-state index in [0.717, 1.165) is 0 Å². The molecule has 1 saturated heterocycles. The Labute approximate surface area is 158 Å². The van der Waals surface area contributed by atoms with Crippen LogP contribution in [0.4, 0.5) is 0 Å². The van der Waals surface area contributed by atoms with Gasteiger partial charge in [0.05, 0.1) is 15.2 Å². The van der Waals surface area contributed by atoms with Gasteiger partial charge in [0.2, 0.25) is 5.91 Å². The zero-order valence-electron chi connectivity index (χ0n) is 14.3. The Morgan fingerprint density at radius 2 is 1.73 bits per heavy atom. The molecule has 2 fully saturated rings. The zero-order valence-corrected chi connectivity index (χ0v) is 15.9. The maximum Gasteiger partial charge on any atom is 0.326 e. The summed E-state index contributed by atoms with van der Waals surface area (Å²) < 4.78 is 25.6. The van der Waals surface area contributed by atoms with E-state index in [0.29, 0.717) is 45.1 Å². The number of benzene rings is 1. The first-order valence-electron chi connectivity index (χ1n) is 8.84. The van der Waals surface area contributed by atoms with Crippen LogP contribution < -0.4 is 0 Å². The van der Waals surface area contributed by atoms with Crippen molar-refractivity contribution >= 4 is 33.3 Å². The first-order chi connectivity index (χ1) is 12.3. The van der Waals surface area contributed by atoms with Gasteiger partial charge in [-0.3, -0.25) is 4.79 Å². The third kappa shape index (κ3) is 3.60. The lowest BCUT2D eigenvalue weighted by Gasteiger charge is -2.31. The maximum absolute atomic E-state index is 12.8. The molecule has 1 atom stereocenters. The molecule has 1 aromatic carbocycles. The highest BCUT2D eigenvalue weighted by Crippen LogP contribution is 2.35. The van der Waals surface area contributed by atoms with Crippen molar-refractivity contribution in [2.45, 2.75) is 54.7 Å². The van der Waals surface area contributed by atoms with E-state index in [1.807, 2.05) is 0 Å². The smallest absolute Gasteiger partial charge is 0.326 e. The van der Waals surface area contributed by atoms with Crippen LogP contribution >= 0.6 is 11.6 Å². The first-order valence-corrected chi connectivity index (χ1v) is 10.8. The molecule has 1 saturated carbocycles. The average molecular weight is 400 g/mol. The van der Waals surface area contributed by atoms with Crippen molar-refractivity contribution in [3.05, 3.63) is 29.3 Å².